The smallest absolute Gasteiger partial charge is 0.0703 e. The molecule has 15 rings (SSSR count). The Balaban J connectivity index is 0.779. The zero-order valence-corrected chi connectivity index (χ0v) is 45.0. The Hall–Kier alpha value is -10.9. The minimum atomic E-state index is 1.11. The van der Waals surface area contributed by atoms with Crippen LogP contribution >= 0.6 is 0 Å². The van der Waals surface area contributed by atoms with E-state index in [1.165, 1.54) is 43.8 Å². The van der Waals surface area contributed by atoms with E-state index < -0.39 is 0 Å². The molecule has 4 heteroatoms. The van der Waals surface area contributed by atoms with Crippen molar-refractivity contribution < 1.29 is 0 Å². The number of nitrogens with zero attached hydrogens (tertiary/aromatic N) is 4. The van der Waals surface area contributed by atoms with Gasteiger partial charge in [0.15, 0.2) is 0 Å². The molecule has 0 saturated heterocycles. The molecule has 0 N–H and O–H groups in total. The quantitative estimate of drug-likeness (QED) is 0.0999. The molecule has 13 aromatic carbocycles. The van der Waals surface area contributed by atoms with Gasteiger partial charge >= 0.3 is 0 Å². The van der Waals surface area contributed by atoms with Crippen molar-refractivity contribution in [3.63, 3.8) is 0 Å². The first-order chi connectivity index (χ1) is 40.7. The highest BCUT2D eigenvalue weighted by Gasteiger charge is 2.32. The highest BCUT2D eigenvalue weighted by Crippen LogP contribution is 2.56. The fraction of sp³-hybridized carbons (Fsp3) is 0. The monoisotopic (exact) mass is 1050 g/mol. The second kappa shape index (κ2) is 20.7. The molecule has 4 nitrogen and oxygen atoms in total. The standard InChI is InChI=1S/C78H54N4/c1-5-21-59(22-6-1)77-65-51-45-57(39-37-55-41-47-63(48-42-55)81-73-33-17-13-29-69(73)79(61-25-9-3-10-26-61)70-30-14-18-34-74(70)81)53-67(65)68-54-58(46-52-66(68)78(77)60-23-7-2-8-24-60)40-38-56-43-49-64(50-44-56)82-75-35-19-15-31-71(75)80(62-27-11-4-12-28-62)72-32-16-20-36-76(72)82/h1-54H/b39-37+,40-38+. The molecule has 0 fully saturated rings. The molecule has 386 valence electrons. The summed E-state index contributed by atoms with van der Waals surface area (Å²) in [5.41, 5.74) is 23.0. The van der Waals surface area contributed by atoms with E-state index in [2.05, 4.69) is 347 Å². The Morgan fingerprint density at radius 3 is 0.707 bits per heavy atom. The van der Waals surface area contributed by atoms with Crippen LogP contribution in [0, 0.1) is 0 Å². The van der Waals surface area contributed by atoms with E-state index in [0.29, 0.717) is 0 Å². The van der Waals surface area contributed by atoms with Crippen LogP contribution in [0.15, 0.2) is 303 Å². The van der Waals surface area contributed by atoms with Gasteiger partial charge in [0.2, 0.25) is 0 Å². The van der Waals surface area contributed by atoms with Gasteiger partial charge in [-0.2, -0.15) is 0 Å². The summed E-state index contributed by atoms with van der Waals surface area (Å²) in [5.74, 6) is 0. The Bertz CT molecular complexity index is 4160. The summed E-state index contributed by atoms with van der Waals surface area (Å²) in [6.45, 7) is 0. The number of para-hydroxylation sites is 10. The normalized spacial score (nSPS) is 12.7. The van der Waals surface area contributed by atoms with E-state index in [1.807, 2.05) is 0 Å². The molecule has 0 spiro atoms. The number of fused-ring (bicyclic) bond motifs is 7. The Kier molecular flexibility index (Phi) is 12.2. The maximum atomic E-state index is 2.38. The Morgan fingerprint density at radius 1 is 0.183 bits per heavy atom. The van der Waals surface area contributed by atoms with Gasteiger partial charge in [-0.25, -0.2) is 0 Å². The molecule has 2 aliphatic rings. The molecular formula is C78H54N4. The molecule has 0 unspecified atom stereocenters. The van der Waals surface area contributed by atoms with Crippen molar-refractivity contribution in [2.45, 2.75) is 0 Å². The first kappa shape index (κ1) is 48.2. The van der Waals surface area contributed by atoms with E-state index in [-0.39, 0.29) is 0 Å². The van der Waals surface area contributed by atoms with Gasteiger partial charge in [0, 0.05) is 22.7 Å². The molecular weight excluding hydrogens is 993 g/mol. The number of anilines is 12. The lowest BCUT2D eigenvalue weighted by Gasteiger charge is -2.40. The number of benzene rings is 13. The SMILES string of the molecule is C(=C\c1ccc2c(-c3ccccc3)c(-c3ccccc3)c3ccc(/C=C/c4ccc(N5c6ccccc6N(c6ccccc6)c6ccccc65)cc4)cc3c2c1)/c1ccc(N2c3ccccc3N(c3ccccc3)c3ccccc32)cc1. The second-order valence-corrected chi connectivity index (χ2v) is 20.9. The third kappa shape index (κ3) is 8.58. The summed E-state index contributed by atoms with van der Waals surface area (Å²) in [6.07, 6.45) is 8.98. The van der Waals surface area contributed by atoms with Crippen LogP contribution in [0.4, 0.5) is 68.2 Å². The van der Waals surface area contributed by atoms with Gasteiger partial charge in [-0.05, 0) is 175 Å². The van der Waals surface area contributed by atoms with E-state index in [0.717, 1.165) is 90.5 Å². The lowest BCUT2D eigenvalue weighted by atomic mass is 9.84. The van der Waals surface area contributed by atoms with Crippen LogP contribution in [0.1, 0.15) is 22.3 Å². The van der Waals surface area contributed by atoms with Gasteiger partial charge < -0.3 is 19.6 Å². The molecule has 82 heavy (non-hydrogen) atoms. The van der Waals surface area contributed by atoms with Crippen molar-refractivity contribution in [3.8, 4) is 22.3 Å². The highest BCUT2D eigenvalue weighted by atomic mass is 15.3. The molecule has 0 bridgehead atoms. The van der Waals surface area contributed by atoms with Gasteiger partial charge in [0.05, 0.1) is 45.5 Å². The minimum Gasteiger partial charge on any atom is -0.306 e. The molecule has 0 atom stereocenters. The summed E-state index contributed by atoms with van der Waals surface area (Å²) in [7, 11) is 0. The number of rotatable bonds is 10. The van der Waals surface area contributed by atoms with Gasteiger partial charge in [-0.15, -0.1) is 0 Å². The van der Waals surface area contributed by atoms with Gasteiger partial charge in [-0.1, -0.05) is 218 Å². The fourth-order valence-corrected chi connectivity index (χ4v) is 12.3. The molecule has 2 aliphatic heterocycles. The summed E-state index contributed by atoms with van der Waals surface area (Å²) >= 11 is 0. The largest absolute Gasteiger partial charge is 0.306 e. The van der Waals surface area contributed by atoms with Crippen LogP contribution in [0.5, 0.6) is 0 Å². The maximum absolute atomic E-state index is 2.38. The molecule has 0 saturated carbocycles. The van der Waals surface area contributed by atoms with Gasteiger partial charge in [-0.3, -0.25) is 0 Å². The van der Waals surface area contributed by atoms with Crippen molar-refractivity contribution in [1.29, 1.82) is 0 Å². The average molecular weight is 1050 g/mol. The topological polar surface area (TPSA) is 13.0 Å². The van der Waals surface area contributed by atoms with Crippen LogP contribution in [0.25, 0.3) is 68.1 Å². The van der Waals surface area contributed by atoms with Crippen LogP contribution < -0.4 is 19.6 Å². The number of hydrogen-bond donors (Lipinski definition) is 0. The van der Waals surface area contributed by atoms with Crippen molar-refractivity contribution >= 4 is 114 Å². The summed E-state index contributed by atoms with van der Waals surface area (Å²) in [6, 6.07) is 110. The van der Waals surface area contributed by atoms with E-state index >= 15 is 0 Å². The van der Waals surface area contributed by atoms with Crippen molar-refractivity contribution in [2.75, 3.05) is 19.6 Å². The van der Waals surface area contributed by atoms with Crippen molar-refractivity contribution in [2.24, 2.45) is 0 Å². The second-order valence-electron chi connectivity index (χ2n) is 20.9. The first-order valence-electron chi connectivity index (χ1n) is 28.1. The van der Waals surface area contributed by atoms with E-state index in [4.69, 9.17) is 0 Å². The van der Waals surface area contributed by atoms with E-state index in [9.17, 15) is 0 Å². The van der Waals surface area contributed by atoms with Crippen molar-refractivity contribution in [3.05, 3.63) is 326 Å². The van der Waals surface area contributed by atoms with Crippen LogP contribution in [0.3, 0.4) is 0 Å². The highest BCUT2D eigenvalue weighted by molar-refractivity contribution is 6.22. The van der Waals surface area contributed by atoms with Crippen LogP contribution in [-0.2, 0) is 0 Å². The Labute approximate surface area is 478 Å². The average Bonchev–Trinajstić information content (AvgIpc) is 2.83. The predicted octanol–water partition coefficient (Wildman–Crippen LogP) is 22.2. The molecule has 0 radical (unpaired) electrons. The molecule has 13 aromatic rings. The molecule has 0 aliphatic carbocycles. The minimum absolute atomic E-state index is 1.11. The first-order valence-corrected chi connectivity index (χ1v) is 28.1. The Morgan fingerprint density at radius 2 is 0.415 bits per heavy atom. The van der Waals surface area contributed by atoms with Crippen LogP contribution in [-0.4, -0.2) is 0 Å². The zero-order valence-electron chi connectivity index (χ0n) is 45.0. The maximum Gasteiger partial charge on any atom is 0.0703 e. The summed E-state index contributed by atoms with van der Waals surface area (Å²) in [5, 5.41) is 4.86. The lowest BCUT2D eigenvalue weighted by Crippen LogP contribution is -2.23. The van der Waals surface area contributed by atoms with Crippen LogP contribution in [0.2, 0.25) is 0 Å². The van der Waals surface area contributed by atoms with Gasteiger partial charge in [0.1, 0.15) is 0 Å². The third-order valence-corrected chi connectivity index (χ3v) is 16.0. The van der Waals surface area contributed by atoms with E-state index in [1.54, 1.807) is 0 Å². The molecule has 0 aromatic heterocycles. The zero-order chi connectivity index (χ0) is 54.3. The third-order valence-electron chi connectivity index (χ3n) is 16.0. The summed E-state index contributed by atoms with van der Waals surface area (Å²) in [4.78, 5) is 9.49. The fourth-order valence-electron chi connectivity index (χ4n) is 12.3. The van der Waals surface area contributed by atoms with Crippen molar-refractivity contribution in [1.82, 2.24) is 0 Å². The molecule has 2 heterocycles. The lowest BCUT2D eigenvalue weighted by molar-refractivity contribution is 1.17. The summed E-state index contributed by atoms with van der Waals surface area (Å²) < 4.78 is 0. The molecule has 0 amide bonds. The van der Waals surface area contributed by atoms with Gasteiger partial charge in [0.25, 0.3) is 0 Å². The number of hydrogen-bond acceptors (Lipinski definition) is 4. The predicted molar refractivity (Wildman–Crippen MR) is 349 cm³/mol.